The Bertz CT molecular complexity index is 1290. The molecule has 2 aliphatic carbocycles. The third-order valence-electron chi connectivity index (χ3n) is 8.40. The molecule has 4 aliphatic rings. The molecule has 1 N–H and O–H groups in total. The summed E-state index contributed by atoms with van der Waals surface area (Å²) in [5.41, 5.74) is 1.19. The number of aliphatic carboxylic acids is 1. The van der Waals surface area contributed by atoms with Crippen LogP contribution in [0.25, 0.3) is 0 Å². The van der Waals surface area contributed by atoms with Crippen LogP contribution in [0, 0.1) is 33.5 Å². The number of ether oxygens (including phenoxy) is 1. The van der Waals surface area contributed by atoms with Gasteiger partial charge in [-0.1, -0.05) is 12.1 Å². The van der Waals surface area contributed by atoms with Crippen molar-refractivity contribution in [3.8, 4) is 5.75 Å². The Hall–Kier alpha value is -2.17. The van der Waals surface area contributed by atoms with Crippen LogP contribution in [0.1, 0.15) is 35.6 Å². The molecular weight excluding hydrogens is 504 g/mol. The zero-order valence-corrected chi connectivity index (χ0v) is 21.8. The molecule has 0 spiro atoms. The van der Waals surface area contributed by atoms with Crippen molar-refractivity contribution in [1.29, 1.82) is 0 Å². The Labute approximate surface area is 216 Å². The number of carboxylic acids is 1. The van der Waals surface area contributed by atoms with Gasteiger partial charge in [0.1, 0.15) is 5.75 Å². The molecule has 0 unspecified atom stereocenters. The van der Waals surface area contributed by atoms with Crippen molar-refractivity contribution >= 4 is 53.1 Å². The number of methoxy groups -OCH3 is 1. The standard InChI is InChI=1S/C25H26N2O5S3/c1-26-24-21(35-25(26)33)16(11-5-7-12(32-2)8-6-11)17-13-10-14(20(17)34-24)19-18(13)22(30)27(23(19)31)9-3-4-15(28)29/h5-8,13-14,16-20H,3-4,9-10H2,1-2H3,(H,28,29)/t13-,14+,16-,17+,18+,19+,20-/m0/s1. The molecule has 2 aromatic rings. The van der Waals surface area contributed by atoms with Gasteiger partial charge in [-0.15, -0.1) is 23.1 Å². The molecule has 6 rings (SSSR count). The van der Waals surface area contributed by atoms with Gasteiger partial charge in [0.15, 0.2) is 3.95 Å². The summed E-state index contributed by atoms with van der Waals surface area (Å²) in [5, 5.41) is 10.4. The van der Waals surface area contributed by atoms with E-state index in [1.807, 2.05) is 30.9 Å². The zero-order valence-electron chi connectivity index (χ0n) is 19.4. The number of hydrogen-bond donors (Lipinski definition) is 1. The highest BCUT2D eigenvalue weighted by Crippen LogP contribution is 2.69. The van der Waals surface area contributed by atoms with E-state index in [2.05, 4.69) is 16.7 Å². The van der Waals surface area contributed by atoms with Crippen LogP contribution in [0.15, 0.2) is 29.3 Å². The molecule has 3 fully saturated rings. The minimum Gasteiger partial charge on any atom is -0.497 e. The number of nitrogens with zero attached hydrogens (tertiary/aromatic N) is 2. The van der Waals surface area contributed by atoms with Crippen LogP contribution in [0.2, 0.25) is 0 Å². The van der Waals surface area contributed by atoms with E-state index in [-0.39, 0.29) is 65.5 Å². The van der Waals surface area contributed by atoms with Gasteiger partial charge in [-0.2, -0.15) is 0 Å². The van der Waals surface area contributed by atoms with Gasteiger partial charge in [0.2, 0.25) is 11.8 Å². The average Bonchev–Trinajstić information content (AvgIpc) is 3.55. The summed E-state index contributed by atoms with van der Waals surface area (Å²) < 4.78 is 8.31. The van der Waals surface area contributed by atoms with Crippen molar-refractivity contribution in [3.05, 3.63) is 38.7 Å². The molecule has 1 aromatic heterocycles. The second-order valence-corrected chi connectivity index (χ2v) is 12.8. The Kier molecular flexibility index (Phi) is 5.61. The molecule has 7 atom stereocenters. The zero-order chi connectivity index (χ0) is 24.6. The van der Waals surface area contributed by atoms with Crippen LogP contribution >= 0.6 is 35.3 Å². The van der Waals surface area contributed by atoms with Crippen LogP contribution < -0.4 is 4.74 Å². The van der Waals surface area contributed by atoms with Crippen molar-refractivity contribution in [2.24, 2.45) is 36.6 Å². The van der Waals surface area contributed by atoms with E-state index in [9.17, 15) is 14.4 Å². The van der Waals surface area contributed by atoms with Gasteiger partial charge in [0.25, 0.3) is 0 Å². The first kappa shape index (κ1) is 23.2. The third kappa shape index (κ3) is 3.36. The molecule has 2 saturated carbocycles. The summed E-state index contributed by atoms with van der Waals surface area (Å²) in [6, 6.07) is 8.20. The summed E-state index contributed by atoms with van der Waals surface area (Å²) in [7, 11) is 3.67. The number of rotatable bonds is 6. The van der Waals surface area contributed by atoms with Gasteiger partial charge in [0, 0.05) is 36.1 Å². The van der Waals surface area contributed by atoms with Crippen molar-refractivity contribution in [2.45, 2.75) is 35.5 Å². The van der Waals surface area contributed by atoms with E-state index in [0.717, 1.165) is 16.1 Å². The van der Waals surface area contributed by atoms with Gasteiger partial charge in [-0.3, -0.25) is 19.3 Å². The van der Waals surface area contributed by atoms with Crippen LogP contribution in [0.5, 0.6) is 5.75 Å². The smallest absolute Gasteiger partial charge is 0.303 e. The monoisotopic (exact) mass is 530 g/mol. The number of likely N-dealkylation sites (tertiary alicyclic amines) is 1. The maximum absolute atomic E-state index is 13.5. The van der Waals surface area contributed by atoms with Crippen LogP contribution in [0.4, 0.5) is 0 Å². The van der Waals surface area contributed by atoms with E-state index >= 15 is 0 Å². The molecule has 1 aromatic carbocycles. The summed E-state index contributed by atoms with van der Waals surface area (Å²) in [4.78, 5) is 40.4. The number of carbonyl (C=O) groups is 3. The minimum absolute atomic E-state index is 0.0417. The van der Waals surface area contributed by atoms with Gasteiger partial charge in [-0.05, 0) is 60.5 Å². The Balaban J connectivity index is 1.38. The van der Waals surface area contributed by atoms with Gasteiger partial charge in [0.05, 0.1) is 24.0 Å². The Morgan fingerprint density at radius 2 is 1.86 bits per heavy atom. The lowest BCUT2D eigenvalue weighted by Gasteiger charge is -2.43. The van der Waals surface area contributed by atoms with E-state index < -0.39 is 5.97 Å². The quantitative estimate of drug-likeness (QED) is 0.443. The lowest BCUT2D eigenvalue weighted by molar-refractivity contribution is -0.142. The van der Waals surface area contributed by atoms with E-state index in [1.165, 1.54) is 20.4 Å². The molecule has 2 bridgehead atoms. The number of hydrogen-bond acceptors (Lipinski definition) is 7. The topological polar surface area (TPSA) is 88.8 Å². The number of imide groups is 1. The molecule has 35 heavy (non-hydrogen) atoms. The summed E-state index contributed by atoms with van der Waals surface area (Å²) >= 11 is 9.15. The van der Waals surface area contributed by atoms with Crippen molar-refractivity contribution < 1.29 is 24.2 Å². The summed E-state index contributed by atoms with van der Waals surface area (Å²) in [6.45, 7) is 0.197. The fourth-order valence-corrected chi connectivity index (χ4v) is 10.6. The number of aromatic nitrogens is 1. The number of benzene rings is 1. The molecule has 0 radical (unpaired) electrons. The number of carboxylic acid groups (broad SMARTS) is 1. The Morgan fingerprint density at radius 3 is 2.51 bits per heavy atom. The van der Waals surface area contributed by atoms with Crippen molar-refractivity contribution in [3.63, 3.8) is 0 Å². The third-order valence-corrected chi connectivity index (χ3v) is 11.8. The number of thioether (sulfide) groups is 1. The molecule has 3 heterocycles. The molecule has 2 aliphatic heterocycles. The number of fused-ring (bicyclic) bond motifs is 9. The molecular formula is C25H26N2O5S3. The molecule has 1 saturated heterocycles. The number of amides is 2. The maximum atomic E-state index is 13.5. The molecule has 10 heteroatoms. The predicted octanol–water partition coefficient (Wildman–Crippen LogP) is 4.16. The highest BCUT2D eigenvalue weighted by atomic mass is 32.2. The Morgan fingerprint density at radius 1 is 1.17 bits per heavy atom. The first-order valence-electron chi connectivity index (χ1n) is 11.9. The van der Waals surface area contributed by atoms with E-state index in [4.69, 9.17) is 22.1 Å². The van der Waals surface area contributed by atoms with E-state index in [1.54, 1.807) is 18.4 Å². The van der Waals surface area contributed by atoms with Crippen LogP contribution in [0.3, 0.4) is 0 Å². The lowest BCUT2D eigenvalue weighted by atomic mass is 9.68. The summed E-state index contributed by atoms with van der Waals surface area (Å²) in [6.07, 6.45) is 1.15. The first-order valence-corrected chi connectivity index (χ1v) is 14.0. The maximum Gasteiger partial charge on any atom is 0.303 e. The molecule has 2 amide bonds. The molecule has 7 nitrogen and oxygen atoms in total. The van der Waals surface area contributed by atoms with Gasteiger partial charge in [-0.25, -0.2) is 0 Å². The lowest BCUT2D eigenvalue weighted by Crippen LogP contribution is -2.43. The number of carbonyl (C=O) groups excluding carboxylic acids is 2. The van der Waals surface area contributed by atoms with Crippen molar-refractivity contribution in [2.75, 3.05) is 13.7 Å². The fraction of sp³-hybridized carbons (Fsp3) is 0.520. The van der Waals surface area contributed by atoms with Crippen LogP contribution in [-0.2, 0) is 21.4 Å². The second-order valence-electron chi connectivity index (χ2n) is 9.95. The molecule has 184 valence electrons. The van der Waals surface area contributed by atoms with Crippen molar-refractivity contribution in [1.82, 2.24) is 9.47 Å². The highest BCUT2D eigenvalue weighted by molar-refractivity contribution is 8.00. The first-order chi connectivity index (χ1) is 16.8. The normalized spacial score (nSPS) is 32.5. The van der Waals surface area contributed by atoms with Gasteiger partial charge < -0.3 is 14.4 Å². The minimum atomic E-state index is -0.908. The average molecular weight is 531 g/mol. The fourth-order valence-electron chi connectivity index (χ4n) is 7.03. The second kappa shape index (κ2) is 8.45. The highest BCUT2D eigenvalue weighted by Gasteiger charge is 2.69. The largest absolute Gasteiger partial charge is 0.497 e. The SMILES string of the molecule is COc1ccc([C@@H]2c3sc(=S)n(C)c3S[C@H]3[C@@H]4C[C@H]([C@H]5C(=O)N(CCCC(=O)O)C(=O)[C@H]45)[C@H]23)cc1. The van der Waals surface area contributed by atoms with Gasteiger partial charge >= 0.3 is 5.97 Å². The van der Waals surface area contributed by atoms with Crippen LogP contribution in [-0.4, -0.2) is 51.3 Å². The van der Waals surface area contributed by atoms with E-state index in [0.29, 0.717) is 6.42 Å². The summed E-state index contributed by atoms with van der Waals surface area (Å²) in [5.74, 6) is -0.232. The number of thiazole rings is 1. The predicted molar refractivity (Wildman–Crippen MR) is 134 cm³/mol.